The number of rotatable bonds is 3. The number of hydrogen-bond donors (Lipinski definition) is 0. The third-order valence-corrected chi connectivity index (χ3v) is 2.69. The van der Waals surface area contributed by atoms with Crippen LogP contribution in [0.2, 0.25) is 0 Å². The standard InChI is InChI=1S/C15H20O4/c1-15(2,3)19-13-6-4-12(5-7-13)14-17-9-11(8-16)10-18-14/h4-8,11,14H,9-10H2,1-3H3. The summed E-state index contributed by atoms with van der Waals surface area (Å²) in [5.74, 6) is 0.664. The Morgan fingerprint density at radius 1 is 1.16 bits per heavy atom. The van der Waals surface area contributed by atoms with Crippen LogP contribution in [0.15, 0.2) is 24.3 Å². The highest BCUT2D eigenvalue weighted by Gasteiger charge is 2.23. The molecule has 1 aliphatic heterocycles. The number of benzene rings is 1. The summed E-state index contributed by atoms with van der Waals surface area (Å²) >= 11 is 0. The summed E-state index contributed by atoms with van der Waals surface area (Å²) in [6, 6.07) is 7.65. The Balaban J connectivity index is 1.97. The van der Waals surface area contributed by atoms with E-state index in [1.165, 1.54) is 0 Å². The van der Waals surface area contributed by atoms with Gasteiger partial charge in [0.15, 0.2) is 6.29 Å². The van der Waals surface area contributed by atoms with Gasteiger partial charge in [0, 0.05) is 5.56 Å². The van der Waals surface area contributed by atoms with Crippen molar-refractivity contribution in [2.24, 2.45) is 5.92 Å². The summed E-state index contributed by atoms with van der Waals surface area (Å²) < 4.78 is 16.8. The minimum absolute atomic E-state index is 0.153. The number of aldehydes is 1. The average molecular weight is 264 g/mol. The maximum Gasteiger partial charge on any atom is 0.183 e. The lowest BCUT2D eigenvalue weighted by molar-refractivity contribution is -0.201. The van der Waals surface area contributed by atoms with Crippen molar-refractivity contribution in [1.29, 1.82) is 0 Å². The molecule has 1 fully saturated rings. The molecule has 0 aromatic heterocycles. The fraction of sp³-hybridized carbons (Fsp3) is 0.533. The van der Waals surface area contributed by atoms with Crippen LogP contribution in [-0.2, 0) is 14.3 Å². The highest BCUT2D eigenvalue weighted by molar-refractivity contribution is 5.53. The largest absolute Gasteiger partial charge is 0.488 e. The highest BCUT2D eigenvalue weighted by atomic mass is 16.7. The van der Waals surface area contributed by atoms with E-state index < -0.39 is 0 Å². The van der Waals surface area contributed by atoms with Gasteiger partial charge in [0.1, 0.15) is 17.6 Å². The van der Waals surface area contributed by atoms with E-state index in [0.29, 0.717) is 13.2 Å². The first-order valence-electron chi connectivity index (χ1n) is 6.45. The van der Waals surface area contributed by atoms with Gasteiger partial charge in [0.25, 0.3) is 0 Å². The van der Waals surface area contributed by atoms with Crippen LogP contribution in [0.4, 0.5) is 0 Å². The predicted molar refractivity (Wildman–Crippen MR) is 71.0 cm³/mol. The van der Waals surface area contributed by atoms with E-state index in [1.807, 2.05) is 45.0 Å². The van der Waals surface area contributed by atoms with Crippen LogP contribution >= 0.6 is 0 Å². The molecule has 0 atom stereocenters. The molecule has 0 saturated carbocycles. The molecule has 1 heterocycles. The summed E-state index contributed by atoms with van der Waals surface area (Å²) in [5.41, 5.74) is 0.724. The Hall–Kier alpha value is -1.39. The van der Waals surface area contributed by atoms with Gasteiger partial charge in [-0.15, -0.1) is 0 Å². The van der Waals surface area contributed by atoms with Crippen LogP contribution in [0.25, 0.3) is 0 Å². The summed E-state index contributed by atoms with van der Waals surface area (Å²) in [4.78, 5) is 10.6. The molecule has 0 unspecified atom stereocenters. The number of hydrogen-bond acceptors (Lipinski definition) is 4. The third kappa shape index (κ3) is 4.04. The molecule has 4 heteroatoms. The molecule has 0 amide bonds. The fourth-order valence-electron chi connectivity index (χ4n) is 1.84. The van der Waals surface area contributed by atoms with E-state index in [9.17, 15) is 4.79 Å². The second-order valence-electron chi connectivity index (χ2n) is 5.68. The van der Waals surface area contributed by atoms with Crippen molar-refractivity contribution in [3.8, 4) is 5.75 Å². The van der Waals surface area contributed by atoms with Gasteiger partial charge in [-0.3, -0.25) is 0 Å². The van der Waals surface area contributed by atoms with Crippen LogP contribution in [-0.4, -0.2) is 25.1 Å². The quantitative estimate of drug-likeness (QED) is 0.787. The monoisotopic (exact) mass is 264 g/mol. The summed E-state index contributed by atoms with van der Waals surface area (Å²) in [6.07, 6.45) is 0.483. The normalized spacial score (nSPS) is 23.9. The van der Waals surface area contributed by atoms with Crippen LogP contribution in [0.3, 0.4) is 0 Å². The first-order valence-corrected chi connectivity index (χ1v) is 6.45. The second-order valence-corrected chi connectivity index (χ2v) is 5.68. The minimum Gasteiger partial charge on any atom is -0.488 e. The Kier molecular flexibility index (Phi) is 4.22. The van der Waals surface area contributed by atoms with Crippen molar-refractivity contribution < 1.29 is 19.0 Å². The zero-order valence-corrected chi connectivity index (χ0v) is 11.6. The molecule has 0 radical (unpaired) electrons. The van der Waals surface area contributed by atoms with E-state index in [-0.39, 0.29) is 17.8 Å². The number of ether oxygens (including phenoxy) is 3. The van der Waals surface area contributed by atoms with Crippen molar-refractivity contribution in [1.82, 2.24) is 0 Å². The van der Waals surface area contributed by atoms with Gasteiger partial charge in [0.05, 0.1) is 19.1 Å². The van der Waals surface area contributed by atoms with Crippen LogP contribution in [0, 0.1) is 5.92 Å². The zero-order chi connectivity index (χ0) is 13.9. The molecule has 1 aromatic carbocycles. The molecule has 0 spiro atoms. The molecule has 19 heavy (non-hydrogen) atoms. The van der Waals surface area contributed by atoms with Gasteiger partial charge in [-0.05, 0) is 32.9 Å². The molecule has 1 saturated heterocycles. The third-order valence-electron chi connectivity index (χ3n) is 2.69. The van der Waals surface area contributed by atoms with Gasteiger partial charge in [-0.1, -0.05) is 12.1 Å². The van der Waals surface area contributed by atoms with Crippen molar-refractivity contribution in [3.05, 3.63) is 29.8 Å². The lowest BCUT2D eigenvalue weighted by Crippen LogP contribution is -2.28. The average Bonchev–Trinajstić information content (AvgIpc) is 2.38. The smallest absolute Gasteiger partial charge is 0.183 e. The van der Waals surface area contributed by atoms with Crippen molar-refractivity contribution >= 4 is 6.29 Å². The lowest BCUT2D eigenvalue weighted by Gasteiger charge is -2.27. The van der Waals surface area contributed by atoms with Crippen molar-refractivity contribution in [2.45, 2.75) is 32.7 Å². The van der Waals surface area contributed by atoms with Gasteiger partial charge in [0.2, 0.25) is 0 Å². The molecular weight excluding hydrogens is 244 g/mol. The predicted octanol–water partition coefficient (Wildman–Crippen LogP) is 2.72. The summed E-state index contributed by atoms with van der Waals surface area (Å²) in [6.45, 7) is 6.85. The molecule has 104 valence electrons. The van der Waals surface area contributed by atoms with Gasteiger partial charge >= 0.3 is 0 Å². The van der Waals surface area contributed by atoms with E-state index in [2.05, 4.69) is 0 Å². The van der Waals surface area contributed by atoms with E-state index >= 15 is 0 Å². The van der Waals surface area contributed by atoms with Crippen LogP contribution in [0.5, 0.6) is 5.75 Å². The Morgan fingerprint density at radius 2 is 1.74 bits per heavy atom. The first-order chi connectivity index (χ1) is 8.98. The molecule has 0 bridgehead atoms. The number of carbonyl (C=O) groups excluding carboxylic acids is 1. The molecule has 1 aliphatic rings. The zero-order valence-electron chi connectivity index (χ0n) is 11.6. The SMILES string of the molecule is CC(C)(C)Oc1ccc(C2OCC(C=O)CO2)cc1. The van der Waals surface area contributed by atoms with E-state index in [0.717, 1.165) is 17.6 Å². The van der Waals surface area contributed by atoms with Gasteiger partial charge in [-0.25, -0.2) is 0 Å². The minimum atomic E-state index is -0.389. The van der Waals surface area contributed by atoms with Crippen molar-refractivity contribution in [2.75, 3.05) is 13.2 Å². The Morgan fingerprint density at radius 3 is 2.21 bits per heavy atom. The van der Waals surface area contributed by atoms with Crippen LogP contribution < -0.4 is 4.74 Å². The Labute approximate surface area is 113 Å². The van der Waals surface area contributed by atoms with E-state index in [1.54, 1.807) is 0 Å². The van der Waals surface area contributed by atoms with Gasteiger partial charge < -0.3 is 19.0 Å². The lowest BCUT2D eigenvalue weighted by atomic mass is 10.1. The number of carbonyl (C=O) groups is 1. The van der Waals surface area contributed by atoms with Crippen molar-refractivity contribution in [3.63, 3.8) is 0 Å². The highest BCUT2D eigenvalue weighted by Crippen LogP contribution is 2.27. The summed E-state index contributed by atoms with van der Waals surface area (Å²) in [7, 11) is 0. The second kappa shape index (κ2) is 5.72. The first kappa shape index (κ1) is 14.0. The molecule has 2 rings (SSSR count). The Bertz CT molecular complexity index is 411. The van der Waals surface area contributed by atoms with E-state index in [4.69, 9.17) is 14.2 Å². The fourth-order valence-corrected chi connectivity index (χ4v) is 1.84. The summed E-state index contributed by atoms with van der Waals surface area (Å²) in [5, 5.41) is 0. The topological polar surface area (TPSA) is 44.8 Å². The maximum atomic E-state index is 10.6. The molecule has 4 nitrogen and oxygen atoms in total. The van der Waals surface area contributed by atoms with Gasteiger partial charge in [-0.2, -0.15) is 0 Å². The maximum absolute atomic E-state index is 10.6. The molecule has 0 N–H and O–H groups in total. The molecule has 1 aromatic rings. The van der Waals surface area contributed by atoms with Crippen LogP contribution in [0.1, 0.15) is 32.6 Å². The molecule has 0 aliphatic carbocycles. The molecular formula is C15H20O4.